The van der Waals surface area contributed by atoms with Crippen LogP contribution in [0, 0.1) is 0 Å². The van der Waals surface area contributed by atoms with Gasteiger partial charge in [0.05, 0.1) is 0 Å². The Morgan fingerprint density at radius 2 is 0.458 bits per heavy atom. The van der Waals surface area contributed by atoms with E-state index in [9.17, 15) is 14.4 Å². The first-order chi connectivity index (χ1) is 29.0. The number of carbonyl (C=O) groups is 3. The molecule has 0 amide bonds. The molecule has 0 aliphatic rings. The molecule has 0 N–H and O–H groups in total. The summed E-state index contributed by atoms with van der Waals surface area (Å²) in [7, 11) is 0. The fourth-order valence-electron chi connectivity index (χ4n) is 8.09. The summed E-state index contributed by atoms with van der Waals surface area (Å²) >= 11 is 0. The minimum absolute atomic E-state index is 0.0633. The standard InChI is InChI=1S/C53H102O6/c1-4-7-10-13-16-18-19-20-21-22-23-24-25-26-27-28-29-30-31-32-33-34-35-38-40-43-46-52(55)58-49-50(48-57-51(54)45-42-39-36-15-12-9-6-3)59-53(56)47-44-41-37-17-14-11-8-5-2/h50H,4-49H2,1-3H3. The van der Waals surface area contributed by atoms with Gasteiger partial charge in [0, 0.05) is 19.3 Å². The van der Waals surface area contributed by atoms with Crippen molar-refractivity contribution in [1.29, 1.82) is 0 Å². The van der Waals surface area contributed by atoms with Crippen molar-refractivity contribution in [3.05, 3.63) is 0 Å². The van der Waals surface area contributed by atoms with Crippen molar-refractivity contribution in [2.45, 2.75) is 309 Å². The largest absolute Gasteiger partial charge is 0.462 e. The summed E-state index contributed by atoms with van der Waals surface area (Å²) in [5.41, 5.74) is 0. The van der Waals surface area contributed by atoms with E-state index in [1.54, 1.807) is 0 Å². The van der Waals surface area contributed by atoms with Gasteiger partial charge in [0.2, 0.25) is 0 Å². The van der Waals surface area contributed by atoms with Crippen molar-refractivity contribution in [1.82, 2.24) is 0 Å². The molecule has 59 heavy (non-hydrogen) atoms. The number of unbranched alkanes of at least 4 members (excludes halogenated alkanes) is 38. The zero-order valence-corrected chi connectivity index (χ0v) is 40.1. The van der Waals surface area contributed by atoms with Gasteiger partial charge in [0.1, 0.15) is 13.2 Å². The first kappa shape index (κ1) is 57.4. The zero-order valence-electron chi connectivity index (χ0n) is 40.1. The monoisotopic (exact) mass is 835 g/mol. The molecule has 0 aliphatic carbocycles. The summed E-state index contributed by atoms with van der Waals surface area (Å²) < 4.78 is 16.7. The number of hydrogen-bond acceptors (Lipinski definition) is 6. The number of rotatable bonds is 49. The Balaban J connectivity index is 3.92. The Kier molecular flexibility index (Phi) is 47.7. The molecule has 0 saturated carbocycles. The van der Waals surface area contributed by atoms with Gasteiger partial charge < -0.3 is 14.2 Å². The average molecular weight is 835 g/mol. The molecule has 0 fully saturated rings. The van der Waals surface area contributed by atoms with E-state index in [2.05, 4.69) is 20.8 Å². The van der Waals surface area contributed by atoms with E-state index in [1.807, 2.05) is 0 Å². The Morgan fingerprint density at radius 1 is 0.271 bits per heavy atom. The maximum atomic E-state index is 12.6. The van der Waals surface area contributed by atoms with Crippen molar-refractivity contribution in [2.24, 2.45) is 0 Å². The van der Waals surface area contributed by atoms with Crippen molar-refractivity contribution >= 4 is 17.9 Å². The second-order valence-corrected chi connectivity index (χ2v) is 18.2. The Morgan fingerprint density at radius 3 is 0.678 bits per heavy atom. The number of carbonyl (C=O) groups excluding carboxylic acids is 3. The molecule has 6 heteroatoms. The fraction of sp³-hybridized carbons (Fsp3) is 0.943. The van der Waals surface area contributed by atoms with Crippen LogP contribution in [0.1, 0.15) is 303 Å². The second-order valence-electron chi connectivity index (χ2n) is 18.2. The van der Waals surface area contributed by atoms with Crippen LogP contribution in [0.15, 0.2) is 0 Å². The average Bonchev–Trinajstić information content (AvgIpc) is 3.23. The minimum atomic E-state index is -0.757. The highest BCUT2D eigenvalue weighted by molar-refractivity contribution is 5.71. The summed E-state index contributed by atoms with van der Waals surface area (Å²) in [6.45, 7) is 6.60. The molecule has 350 valence electrons. The lowest BCUT2D eigenvalue weighted by Gasteiger charge is -2.18. The predicted molar refractivity (Wildman–Crippen MR) is 252 cm³/mol. The van der Waals surface area contributed by atoms with Crippen LogP contribution in [-0.4, -0.2) is 37.2 Å². The molecule has 0 heterocycles. The van der Waals surface area contributed by atoms with E-state index in [0.29, 0.717) is 19.3 Å². The van der Waals surface area contributed by atoms with E-state index in [1.165, 1.54) is 205 Å². The Hall–Kier alpha value is -1.59. The molecule has 6 nitrogen and oxygen atoms in total. The summed E-state index contributed by atoms with van der Waals surface area (Å²) in [6, 6.07) is 0. The first-order valence-electron chi connectivity index (χ1n) is 26.5. The molecule has 0 aromatic heterocycles. The quantitative estimate of drug-likeness (QED) is 0.0345. The van der Waals surface area contributed by atoms with E-state index in [0.717, 1.165) is 57.8 Å². The maximum Gasteiger partial charge on any atom is 0.306 e. The highest BCUT2D eigenvalue weighted by Crippen LogP contribution is 2.17. The molecule has 0 radical (unpaired) electrons. The molecular formula is C53H102O6. The van der Waals surface area contributed by atoms with E-state index < -0.39 is 6.10 Å². The van der Waals surface area contributed by atoms with Gasteiger partial charge >= 0.3 is 17.9 Å². The molecule has 0 aromatic rings. The van der Waals surface area contributed by atoms with Crippen molar-refractivity contribution < 1.29 is 28.6 Å². The summed E-state index contributed by atoms with van der Waals surface area (Å²) in [4.78, 5) is 37.6. The highest BCUT2D eigenvalue weighted by atomic mass is 16.6. The second kappa shape index (κ2) is 49.1. The predicted octanol–water partition coefficient (Wildman–Crippen LogP) is 17.2. The van der Waals surface area contributed by atoms with Gasteiger partial charge in [0.25, 0.3) is 0 Å². The van der Waals surface area contributed by atoms with Crippen LogP contribution in [0.5, 0.6) is 0 Å². The van der Waals surface area contributed by atoms with Crippen LogP contribution in [0.2, 0.25) is 0 Å². The van der Waals surface area contributed by atoms with Crippen LogP contribution in [0.3, 0.4) is 0 Å². The van der Waals surface area contributed by atoms with Crippen LogP contribution in [0.4, 0.5) is 0 Å². The fourth-order valence-corrected chi connectivity index (χ4v) is 8.09. The van der Waals surface area contributed by atoms with E-state index in [4.69, 9.17) is 14.2 Å². The molecule has 0 aromatic carbocycles. The third-order valence-corrected chi connectivity index (χ3v) is 12.1. The molecule has 0 spiro atoms. The zero-order chi connectivity index (χ0) is 43.0. The molecule has 1 atom stereocenters. The molecule has 0 bridgehead atoms. The summed E-state index contributed by atoms with van der Waals surface area (Å²) in [5.74, 6) is -0.858. The maximum absolute atomic E-state index is 12.6. The van der Waals surface area contributed by atoms with Crippen LogP contribution >= 0.6 is 0 Å². The van der Waals surface area contributed by atoms with Gasteiger partial charge in [-0.1, -0.05) is 265 Å². The molecule has 0 saturated heterocycles. The molecular weight excluding hydrogens is 733 g/mol. The lowest BCUT2D eigenvalue weighted by molar-refractivity contribution is -0.167. The van der Waals surface area contributed by atoms with E-state index >= 15 is 0 Å². The summed E-state index contributed by atoms with van der Waals surface area (Å²) in [5, 5.41) is 0. The van der Waals surface area contributed by atoms with E-state index in [-0.39, 0.29) is 31.1 Å². The van der Waals surface area contributed by atoms with Gasteiger partial charge in [-0.15, -0.1) is 0 Å². The SMILES string of the molecule is CCCCCCCCCCCCCCCCCCCCCCCCCCCCC(=O)OCC(COC(=O)CCCCCCCCC)OC(=O)CCCCCCCCCC. The number of esters is 3. The first-order valence-corrected chi connectivity index (χ1v) is 26.5. The molecule has 1 unspecified atom stereocenters. The van der Waals surface area contributed by atoms with Gasteiger partial charge in [-0.25, -0.2) is 0 Å². The van der Waals surface area contributed by atoms with Crippen molar-refractivity contribution in [3.8, 4) is 0 Å². The minimum Gasteiger partial charge on any atom is -0.462 e. The molecule has 0 aliphatic heterocycles. The smallest absolute Gasteiger partial charge is 0.306 e. The van der Waals surface area contributed by atoms with Gasteiger partial charge in [-0.05, 0) is 19.3 Å². The van der Waals surface area contributed by atoms with Crippen molar-refractivity contribution in [2.75, 3.05) is 13.2 Å². The lowest BCUT2D eigenvalue weighted by atomic mass is 10.0. The van der Waals surface area contributed by atoms with Crippen LogP contribution < -0.4 is 0 Å². The van der Waals surface area contributed by atoms with Gasteiger partial charge in [0.15, 0.2) is 6.10 Å². The number of ether oxygens (including phenoxy) is 3. The topological polar surface area (TPSA) is 78.9 Å². The summed E-state index contributed by atoms with van der Waals surface area (Å²) in [6.07, 6.45) is 52.8. The molecule has 0 rings (SSSR count). The lowest BCUT2D eigenvalue weighted by Crippen LogP contribution is -2.30. The highest BCUT2D eigenvalue weighted by Gasteiger charge is 2.19. The normalized spacial score (nSPS) is 11.8. The number of hydrogen-bond donors (Lipinski definition) is 0. The van der Waals surface area contributed by atoms with Crippen molar-refractivity contribution in [3.63, 3.8) is 0 Å². The Bertz CT molecular complexity index is 874. The Labute approximate surface area is 368 Å². The third-order valence-electron chi connectivity index (χ3n) is 12.1. The van der Waals surface area contributed by atoms with Gasteiger partial charge in [-0.3, -0.25) is 14.4 Å². The third kappa shape index (κ3) is 47.3. The van der Waals surface area contributed by atoms with Gasteiger partial charge in [-0.2, -0.15) is 0 Å². The van der Waals surface area contributed by atoms with Crippen LogP contribution in [-0.2, 0) is 28.6 Å². The van der Waals surface area contributed by atoms with Crippen LogP contribution in [0.25, 0.3) is 0 Å².